The first-order valence-electron chi connectivity index (χ1n) is 4.02. The maximum atomic E-state index is 6.33. The van der Waals surface area contributed by atoms with E-state index >= 15 is 0 Å². The standard InChI is InChI=1S/C8H12Cl2/c9-4-3-7-5-8(7,10)6-1-2-6/h6-7H,1-5H2. The largest absolute Gasteiger partial charge is 0.127 e. The second kappa shape index (κ2) is 2.28. The average Bonchev–Trinajstić information content (AvgIpc) is 2.67. The minimum atomic E-state index is 0.217. The van der Waals surface area contributed by atoms with Crippen molar-refractivity contribution in [2.45, 2.75) is 30.6 Å². The van der Waals surface area contributed by atoms with Crippen LogP contribution in [0.25, 0.3) is 0 Å². The smallest absolute Gasteiger partial charge is 0.0507 e. The summed E-state index contributed by atoms with van der Waals surface area (Å²) in [6.45, 7) is 0. The van der Waals surface area contributed by atoms with Gasteiger partial charge in [0.05, 0.1) is 4.87 Å². The molecule has 0 aromatic rings. The Kier molecular flexibility index (Phi) is 1.65. The molecular formula is C8H12Cl2. The van der Waals surface area contributed by atoms with Gasteiger partial charge in [0.1, 0.15) is 0 Å². The van der Waals surface area contributed by atoms with E-state index in [2.05, 4.69) is 0 Å². The Labute approximate surface area is 71.9 Å². The molecule has 0 amide bonds. The summed E-state index contributed by atoms with van der Waals surface area (Å²) in [5, 5.41) is 0. The van der Waals surface area contributed by atoms with E-state index in [-0.39, 0.29) is 4.87 Å². The van der Waals surface area contributed by atoms with Gasteiger partial charge in [-0.1, -0.05) is 0 Å². The number of alkyl halides is 2. The monoisotopic (exact) mass is 178 g/mol. The molecule has 0 aromatic heterocycles. The van der Waals surface area contributed by atoms with Crippen molar-refractivity contribution in [1.82, 2.24) is 0 Å². The SMILES string of the molecule is ClCCC1CC1(Cl)C1CC1. The van der Waals surface area contributed by atoms with E-state index in [1.807, 2.05) is 0 Å². The van der Waals surface area contributed by atoms with Crippen molar-refractivity contribution in [3.63, 3.8) is 0 Å². The molecule has 0 aromatic carbocycles. The van der Waals surface area contributed by atoms with Crippen LogP contribution in [0.5, 0.6) is 0 Å². The highest BCUT2D eigenvalue weighted by molar-refractivity contribution is 6.26. The van der Waals surface area contributed by atoms with E-state index in [1.165, 1.54) is 19.3 Å². The second-order valence-electron chi connectivity index (χ2n) is 3.58. The van der Waals surface area contributed by atoms with E-state index in [4.69, 9.17) is 23.2 Å². The van der Waals surface area contributed by atoms with Crippen molar-refractivity contribution in [3.8, 4) is 0 Å². The zero-order chi connectivity index (χ0) is 7.19. The molecule has 2 heteroatoms. The predicted molar refractivity (Wildman–Crippen MR) is 44.8 cm³/mol. The molecule has 0 radical (unpaired) electrons. The third-order valence-corrected chi connectivity index (χ3v) is 3.78. The van der Waals surface area contributed by atoms with Crippen molar-refractivity contribution in [3.05, 3.63) is 0 Å². The summed E-state index contributed by atoms with van der Waals surface area (Å²) in [6, 6.07) is 0. The number of rotatable bonds is 3. The van der Waals surface area contributed by atoms with Gasteiger partial charge in [0, 0.05) is 5.88 Å². The molecule has 2 aliphatic rings. The van der Waals surface area contributed by atoms with Crippen LogP contribution in [0, 0.1) is 11.8 Å². The molecular weight excluding hydrogens is 167 g/mol. The quantitative estimate of drug-likeness (QED) is 0.584. The molecule has 0 spiro atoms. The van der Waals surface area contributed by atoms with Gasteiger partial charge in [-0.3, -0.25) is 0 Å². The van der Waals surface area contributed by atoms with E-state index in [1.54, 1.807) is 0 Å². The Morgan fingerprint density at radius 1 is 1.40 bits per heavy atom. The van der Waals surface area contributed by atoms with E-state index < -0.39 is 0 Å². The first kappa shape index (κ1) is 7.24. The van der Waals surface area contributed by atoms with Crippen LogP contribution in [-0.4, -0.2) is 10.8 Å². The second-order valence-corrected chi connectivity index (χ2v) is 4.66. The zero-order valence-electron chi connectivity index (χ0n) is 5.95. The molecule has 2 rings (SSSR count). The Balaban J connectivity index is 1.85. The van der Waals surface area contributed by atoms with Gasteiger partial charge in [0.15, 0.2) is 0 Å². The van der Waals surface area contributed by atoms with Crippen LogP contribution in [0.1, 0.15) is 25.7 Å². The topological polar surface area (TPSA) is 0 Å². The van der Waals surface area contributed by atoms with Gasteiger partial charge in [0.2, 0.25) is 0 Å². The highest BCUT2D eigenvalue weighted by Crippen LogP contribution is 2.63. The molecule has 2 unspecified atom stereocenters. The molecule has 0 nitrogen and oxygen atoms in total. The molecule has 10 heavy (non-hydrogen) atoms. The molecule has 0 heterocycles. The third-order valence-electron chi connectivity index (χ3n) is 2.79. The third kappa shape index (κ3) is 1.06. The van der Waals surface area contributed by atoms with Gasteiger partial charge in [-0.2, -0.15) is 0 Å². The minimum absolute atomic E-state index is 0.217. The van der Waals surface area contributed by atoms with Gasteiger partial charge in [-0.05, 0) is 37.5 Å². The molecule has 2 aliphatic carbocycles. The molecule has 2 atom stereocenters. The lowest BCUT2D eigenvalue weighted by Gasteiger charge is -2.04. The lowest BCUT2D eigenvalue weighted by molar-refractivity contribution is 0.649. The van der Waals surface area contributed by atoms with Crippen molar-refractivity contribution in [2.24, 2.45) is 11.8 Å². The van der Waals surface area contributed by atoms with Gasteiger partial charge in [-0.15, -0.1) is 23.2 Å². The fourth-order valence-corrected chi connectivity index (χ4v) is 2.63. The summed E-state index contributed by atoms with van der Waals surface area (Å²) in [5.74, 6) is 2.38. The molecule has 2 saturated carbocycles. The average molecular weight is 179 g/mol. The van der Waals surface area contributed by atoms with Crippen LogP contribution in [-0.2, 0) is 0 Å². The summed E-state index contributed by atoms with van der Waals surface area (Å²) in [6.07, 6.45) is 5.08. The molecule has 0 bridgehead atoms. The van der Waals surface area contributed by atoms with Crippen LogP contribution >= 0.6 is 23.2 Å². The highest BCUT2D eigenvalue weighted by atomic mass is 35.5. The van der Waals surface area contributed by atoms with Gasteiger partial charge < -0.3 is 0 Å². The molecule has 58 valence electrons. The minimum Gasteiger partial charge on any atom is -0.127 e. The summed E-state index contributed by atoms with van der Waals surface area (Å²) >= 11 is 12.0. The lowest BCUT2D eigenvalue weighted by Crippen LogP contribution is -2.05. The normalized spacial score (nSPS) is 45.6. The van der Waals surface area contributed by atoms with Crippen molar-refractivity contribution < 1.29 is 0 Å². The summed E-state index contributed by atoms with van der Waals surface area (Å²) in [7, 11) is 0. The predicted octanol–water partition coefficient (Wildman–Crippen LogP) is 3.02. The Hall–Kier alpha value is 0.580. The Bertz CT molecular complexity index is 142. The Morgan fingerprint density at radius 2 is 2.10 bits per heavy atom. The number of hydrogen-bond acceptors (Lipinski definition) is 0. The van der Waals surface area contributed by atoms with E-state index in [0.717, 1.165) is 24.1 Å². The van der Waals surface area contributed by atoms with Crippen molar-refractivity contribution in [1.29, 1.82) is 0 Å². The zero-order valence-corrected chi connectivity index (χ0v) is 7.46. The first-order chi connectivity index (χ1) is 4.77. The number of hydrogen-bond donors (Lipinski definition) is 0. The first-order valence-corrected chi connectivity index (χ1v) is 4.93. The highest BCUT2D eigenvalue weighted by Gasteiger charge is 2.60. The fraction of sp³-hybridized carbons (Fsp3) is 1.00. The van der Waals surface area contributed by atoms with E-state index in [9.17, 15) is 0 Å². The van der Waals surface area contributed by atoms with Gasteiger partial charge in [-0.25, -0.2) is 0 Å². The van der Waals surface area contributed by atoms with E-state index in [0.29, 0.717) is 0 Å². The number of halogens is 2. The van der Waals surface area contributed by atoms with Crippen LogP contribution in [0.4, 0.5) is 0 Å². The van der Waals surface area contributed by atoms with Gasteiger partial charge in [0.25, 0.3) is 0 Å². The van der Waals surface area contributed by atoms with Crippen LogP contribution in [0.3, 0.4) is 0 Å². The maximum absolute atomic E-state index is 6.33. The molecule has 0 saturated heterocycles. The maximum Gasteiger partial charge on any atom is 0.0507 e. The molecule has 2 fully saturated rings. The Morgan fingerprint density at radius 3 is 2.60 bits per heavy atom. The van der Waals surface area contributed by atoms with Gasteiger partial charge >= 0.3 is 0 Å². The summed E-state index contributed by atoms with van der Waals surface area (Å²) in [5.41, 5.74) is 0. The molecule has 0 N–H and O–H groups in total. The molecule has 0 aliphatic heterocycles. The van der Waals surface area contributed by atoms with Crippen molar-refractivity contribution >= 4 is 23.2 Å². The van der Waals surface area contributed by atoms with Crippen LogP contribution < -0.4 is 0 Å². The van der Waals surface area contributed by atoms with Crippen molar-refractivity contribution in [2.75, 3.05) is 5.88 Å². The fourth-order valence-electron chi connectivity index (χ4n) is 1.86. The van der Waals surface area contributed by atoms with Crippen LogP contribution in [0.15, 0.2) is 0 Å². The summed E-state index contributed by atoms with van der Waals surface area (Å²) < 4.78 is 0. The van der Waals surface area contributed by atoms with Crippen LogP contribution in [0.2, 0.25) is 0 Å². The lowest BCUT2D eigenvalue weighted by atomic mass is 10.2. The summed E-state index contributed by atoms with van der Waals surface area (Å²) in [4.78, 5) is 0.217.